The van der Waals surface area contributed by atoms with Gasteiger partial charge in [-0.05, 0) is 38.3 Å². The van der Waals surface area contributed by atoms with Crippen LogP contribution in [-0.4, -0.2) is 36.6 Å². The van der Waals surface area contributed by atoms with Crippen molar-refractivity contribution in [1.29, 1.82) is 0 Å². The quantitative estimate of drug-likeness (QED) is 0.790. The largest absolute Gasteiger partial charge is 0.315 e. The van der Waals surface area contributed by atoms with Crippen LogP contribution >= 0.6 is 0 Å². The van der Waals surface area contributed by atoms with Crippen LogP contribution in [0, 0.1) is 5.92 Å². The third-order valence-electron chi connectivity index (χ3n) is 4.55. The molecule has 16 heavy (non-hydrogen) atoms. The number of likely N-dealkylation sites (tertiary alicyclic amines) is 1. The molecule has 2 heterocycles. The summed E-state index contributed by atoms with van der Waals surface area (Å²) < 4.78 is 0. The van der Waals surface area contributed by atoms with E-state index >= 15 is 0 Å². The highest BCUT2D eigenvalue weighted by Gasteiger charge is 2.35. The Morgan fingerprint density at radius 3 is 2.81 bits per heavy atom. The lowest BCUT2D eigenvalue weighted by Crippen LogP contribution is -2.49. The van der Waals surface area contributed by atoms with Crippen LogP contribution < -0.4 is 5.32 Å². The molecule has 2 rings (SSSR count). The average molecular weight is 224 g/mol. The Morgan fingerprint density at radius 2 is 2.06 bits per heavy atom. The Hall–Kier alpha value is -0.0800. The second-order valence-electron chi connectivity index (χ2n) is 5.57. The topological polar surface area (TPSA) is 15.3 Å². The predicted octanol–water partition coefficient (Wildman–Crippen LogP) is 2.64. The first-order valence-electron chi connectivity index (χ1n) is 7.33. The van der Waals surface area contributed by atoms with E-state index in [9.17, 15) is 0 Å². The van der Waals surface area contributed by atoms with Crippen molar-refractivity contribution < 1.29 is 0 Å². The molecule has 0 saturated carbocycles. The molecule has 2 heteroatoms. The van der Waals surface area contributed by atoms with Gasteiger partial charge in [0.25, 0.3) is 0 Å². The van der Waals surface area contributed by atoms with E-state index < -0.39 is 0 Å². The molecule has 0 radical (unpaired) electrons. The van der Waals surface area contributed by atoms with Gasteiger partial charge in [0, 0.05) is 18.6 Å². The third-order valence-corrected chi connectivity index (χ3v) is 4.55. The smallest absolute Gasteiger partial charge is 0.0263 e. The third kappa shape index (κ3) is 2.60. The zero-order chi connectivity index (χ0) is 11.4. The first-order valence-corrected chi connectivity index (χ1v) is 7.33. The number of nitrogens with zero attached hydrogens (tertiary/aromatic N) is 1. The van der Waals surface area contributed by atoms with E-state index in [4.69, 9.17) is 0 Å². The minimum Gasteiger partial charge on any atom is -0.315 e. The monoisotopic (exact) mass is 224 g/mol. The molecule has 3 atom stereocenters. The van der Waals surface area contributed by atoms with Crippen molar-refractivity contribution in [2.45, 2.75) is 64.5 Å². The fraction of sp³-hybridized carbons (Fsp3) is 1.00. The van der Waals surface area contributed by atoms with Crippen molar-refractivity contribution in [2.24, 2.45) is 5.92 Å². The van der Waals surface area contributed by atoms with Crippen LogP contribution in [0.25, 0.3) is 0 Å². The summed E-state index contributed by atoms with van der Waals surface area (Å²) in [5.41, 5.74) is 0. The summed E-state index contributed by atoms with van der Waals surface area (Å²) in [6.45, 7) is 8.52. The number of nitrogens with one attached hydrogen (secondary N) is 1. The van der Waals surface area contributed by atoms with Gasteiger partial charge >= 0.3 is 0 Å². The van der Waals surface area contributed by atoms with Crippen molar-refractivity contribution >= 4 is 0 Å². The molecule has 94 valence electrons. The molecule has 0 aromatic rings. The van der Waals surface area contributed by atoms with Crippen LogP contribution in [0.2, 0.25) is 0 Å². The van der Waals surface area contributed by atoms with E-state index in [0.717, 1.165) is 18.0 Å². The van der Waals surface area contributed by atoms with E-state index in [2.05, 4.69) is 24.1 Å². The van der Waals surface area contributed by atoms with Crippen LogP contribution in [0.15, 0.2) is 0 Å². The van der Waals surface area contributed by atoms with Gasteiger partial charge in [-0.15, -0.1) is 0 Å². The second kappa shape index (κ2) is 6.02. The Morgan fingerprint density at radius 1 is 1.19 bits per heavy atom. The summed E-state index contributed by atoms with van der Waals surface area (Å²) in [5.74, 6) is 0.900. The number of piperidine rings is 1. The molecule has 0 aliphatic carbocycles. The zero-order valence-corrected chi connectivity index (χ0v) is 11.0. The zero-order valence-electron chi connectivity index (χ0n) is 11.0. The molecule has 2 aliphatic rings. The summed E-state index contributed by atoms with van der Waals surface area (Å²) in [4.78, 5) is 2.85. The molecule has 0 aromatic heterocycles. The predicted molar refractivity (Wildman–Crippen MR) is 69.7 cm³/mol. The number of hydrogen-bond donors (Lipinski definition) is 1. The SMILES string of the molecule is CCCC1CCCCN1C1CNCC1CC. The molecule has 2 saturated heterocycles. The fourth-order valence-corrected chi connectivity index (χ4v) is 3.63. The average Bonchev–Trinajstić information content (AvgIpc) is 2.78. The van der Waals surface area contributed by atoms with Gasteiger partial charge < -0.3 is 5.32 Å². The van der Waals surface area contributed by atoms with E-state index in [1.807, 2.05) is 0 Å². The first kappa shape index (κ1) is 12.4. The van der Waals surface area contributed by atoms with Gasteiger partial charge in [-0.1, -0.05) is 33.1 Å². The molecule has 2 fully saturated rings. The number of rotatable bonds is 4. The summed E-state index contributed by atoms with van der Waals surface area (Å²) >= 11 is 0. The van der Waals surface area contributed by atoms with E-state index in [0.29, 0.717) is 0 Å². The highest BCUT2D eigenvalue weighted by Crippen LogP contribution is 2.28. The van der Waals surface area contributed by atoms with Gasteiger partial charge in [0.1, 0.15) is 0 Å². The molecule has 1 N–H and O–H groups in total. The summed E-state index contributed by atoms with van der Waals surface area (Å²) in [7, 11) is 0. The van der Waals surface area contributed by atoms with Gasteiger partial charge in [-0.25, -0.2) is 0 Å². The lowest BCUT2D eigenvalue weighted by Gasteiger charge is -2.41. The molecule has 0 bridgehead atoms. The Balaban J connectivity index is 1.98. The molecule has 0 aromatic carbocycles. The van der Waals surface area contributed by atoms with Crippen LogP contribution in [0.5, 0.6) is 0 Å². The second-order valence-corrected chi connectivity index (χ2v) is 5.57. The summed E-state index contributed by atoms with van der Waals surface area (Å²) in [6.07, 6.45) is 8.42. The lowest BCUT2D eigenvalue weighted by molar-refractivity contribution is 0.0744. The van der Waals surface area contributed by atoms with E-state index in [-0.39, 0.29) is 0 Å². The Labute approximate surface area is 101 Å². The fourth-order valence-electron chi connectivity index (χ4n) is 3.63. The van der Waals surface area contributed by atoms with Gasteiger partial charge in [0.15, 0.2) is 0 Å². The molecular formula is C14H28N2. The van der Waals surface area contributed by atoms with Crippen molar-refractivity contribution in [3.05, 3.63) is 0 Å². The molecule has 3 unspecified atom stereocenters. The van der Waals surface area contributed by atoms with Crippen molar-refractivity contribution in [3.63, 3.8) is 0 Å². The molecular weight excluding hydrogens is 196 g/mol. The van der Waals surface area contributed by atoms with Crippen molar-refractivity contribution in [3.8, 4) is 0 Å². The van der Waals surface area contributed by atoms with Crippen LogP contribution in [0.3, 0.4) is 0 Å². The van der Waals surface area contributed by atoms with Gasteiger partial charge in [-0.2, -0.15) is 0 Å². The highest BCUT2D eigenvalue weighted by atomic mass is 15.2. The van der Waals surface area contributed by atoms with Crippen molar-refractivity contribution in [1.82, 2.24) is 10.2 Å². The molecule has 0 spiro atoms. The summed E-state index contributed by atoms with van der Waals surface area (Å²) in [6, 6.07) is 1.72. The molecule has 0 amide bonds. The maximum absolute atomic E-state index is 3.59. The highest BCUT2D eigenvalue weighted by molar-refractivity contribution is 4.92. The maximum atomic E-state index is 3.59. The van der Waals surface area contributed by atoms with E-state index in [1.54, 1.807) is 0 Å². The minimum atomic E-state index is 0.835. The standard InChI is InChI=1S/C14H28N2/c1-3-7-13-8-5-6-9-16(13)14-11-15-10-12(14)4-2/h12-15H,3-11H2,1-2H3. The van der Waals surface area contributed by atoms with Crippen molar-refractivity contribution in [2.75, 3.05) is 19.6 Å². The Kier molecular flexibility index (Phi) is 4.66. The number of hydrogen-bond acceptors (Lipinski definition) is 2. The maximum Gasteiger partial charge on any atom is 0.0263 e. The van der Waals surface area contributed by atoms with Gasteiger partial charge in [0.05, 0.1) is 0 Å². The van der Waals surface area contributed by atoms with Gasteiger partial charge in [-0.3, -0.25) is 4.90 Å². The van der Waals surface area contributed by atoms with Gasteiger partial charge in [0.2, 0.25) is 0 Å². The minimum absolute atomic E-state index is 0.835. The van der Waals surface area contributed by atoms with Crippen LogP contribution in [-0.2, 0) is 0 Å². The van der Waals surface area contributed by atoms with Crippen LogP contribution in [0.1, 0.15) is 52.4 Å². The molecule has 2 nitrogen and oxygen atoms in total. The lowest BCUT2D eigenvalue weighted by atomic mass is 9.91. The molecule has 2 aliphatic heterocycles. The van der Waals surface area contributed by atoms with Crippen LogP contribution in [0.4, 0.5) is 0 Å². The first-order chi connectivity index (χ1) is 7.86. The Bertz CT molecular complexity index is 203. The van der Waals surface area contributed by atoms with E-state index in [1.165, 1.54) is 58.2 Å². The normalized spacial score (nSPS) is 36.8. The summed E-state index contributed by atoms with van der Waals surface area (Å²) in [5, 5.41) is 3.59.